The number of aliphatic hydroxyl groups is 1. The molecule has 2 unspecified atom stereocenters. The van der Waals surface area contributed by atoms with Gasteiger partial charge in [-0.15, -0.1) is 0 Å². The number of esters is 1. The number of anilines is 2. The zero-order valence-corrected chi connectivity index (χ0v) is 21.5. The predicted octanol–water partition coefficient (Wildman–Crippen LogP) is 1.02. The highest BCUT2D eigenvalue weighted by Crippen LogP contribution is 2.62. The summed E-state index contributed by atoms with van der Waals surface area (Å²) in [5.41, 5.74) is 3.71. The van der Waals surface area contributed by atoms with E-state index in [2.05, 4.69) is 4.98 Å². The first-order chi connectivity index (χ1) is 18.1. The fourth-order valence-corrected chi connectivity index (χ4v) is 7.12. The predicted molar refractivity (Wildman–Crippen MR) is 139 cm³/mol. The second-order valence-electron chi connectivity index (χ2n) is 11.1. The third-order valence-corrected chi connectivity index (χ3v) is 8.28. The Labute approximate surface area is 219 Å². The zero-order valence-electron chi connectivity index (χ0n) is 21.5. The van der Waals surface area contributed by atoms with Crippen molar-refractivity contribution < 1.29 is 24.2 Å². The highest BCUT2D eigenvalue weighted by atomic mass is 16.5. The van der Waals surface area contributed by atoms with Crippen LogP contribution in [-0.2, 0) is 25.6 Å². The molecule has 0 aliphatic heterocycles. The second-order valence-corrected chi connectivity index (χ2v) is 11.1. The smallest absolute Gasteiger partial charge is 0.330 e. The number of H-pyrrole nitrogens is 1. The molecule has 0 saturated heterocycles. The lowest BCUT2D eigenvalue weighted by molar-refractivity contribution is -0.196. The van der Waals surface area contributed by atoms with Gasteiger partial charge in [0.15, 0.2) is 12.3 Å². The van der Waals surface area contributed by atoms with Gasteiger partial charge in [0.2, 0.25) is 0 Å². The third kappa shape index (κ3) is 4.88. The Morgan fingerprint density at radius 3 is 2.47 bits per heavy atom. The summed E-state index contributed by atoms with van der Waals surface area (Å²) in [4.78, 5) is 55.4. The number of rotatable bonds is 9. The number of nitrogens with one attached hydrogen (secondary N) is 1. The number of aromatic amines is 1. The second kappa shape index (κ2) is 10.0. The van der Waals surface area contributed by atoms with Gasteiger partial charge in [-0.3, -0.25) is 28.8 Å². The number of nitrogens with zero attached hydrogens (tertiary/aromatic N) is 2. The number of amides is 1. The van der Waals surface area contributed by atoms with E-state index in [1.807, 2.05) is 30.3 Å². The van der Waals surface area contributed by atoms with Crippen molar-refractivity contribution in [1.29, 1.82) is 0 Å². The molecule has 11 heteroatoms. The molecule has 4 fully saturated rings. The van der Waals surface area contributed by atoms with E-state index in [1.54, 1.807) is 0 Å². The molecule has 2 atom stereocenters. The lowest BCUT2D eigenvalue weighted by Gasteiger charge is -2.58. The van der Waals surface area contributed by atoms with Crippen LogP contribution in [0.15, 0.2) is 39.9 Å². The number of carbonyl (C=O) groups is 2. The molecule has 38 heavy (non-hydrogen) atoms. The van der Waals surface area contributed by atoms with Gasteiger partial charge in [0.25, 0.3) is 11.5 Å². The molecule has 1 heterocycles. The summed E-state index contributed by atoms with van der Waals surface area (Å²) in [6.07, 6.45) is 4.10. The van der Waals surface area contributed by atoms with Gasteiger partial charge in [-0.05, 0) is 55.9 Å². The fraction of sp³-hybridized carbons (Fsp3) is 0.556. The summed E-state index contributed by atoms with van der Waals surface area (Å²) < 4.78 is 11.8. The van der Waals surface area contributed by atoms with Crippen LogP contribution in [0.5, 0.6) is 0 Å². The molecular weight excluding hydrogens is 492 g/mol. The number of methoxy groups -OCH3 is 1. The summed E-state index contributed by atoms with van der Waals surface area (Å²) in [5.74, 6) is -0.762. The number of ether oxygens (including phenoxy) is 2. The van der Waals surface area contributed by atoms with E-state index in [0.29, 0.717) is 32.1 Å². The van der Waals surface area contributed by atoms with E-state index in [-0.39, 0.29) is 43.0 Å². The number of benzene rings is 1. The fourth-order valence-electron chi connectivity index (χ4n) is 7.12. The molecule has 4 aliphatic rings. The summed E-state index contributed by atoms with van der Waals surface area (Å²) in [6, 6.07) is 9.09. The van der Waals surface area contributed by atoms with Crippen molar-refractivity contribution in [2.75, 3.05) is 37.5 Å². The minimum absolute atomic E-state index is 0.0429. The Balaban J connectivity index is 1.37. The molecule has 204 valence electrons. The zero-order chi connectivity index (χ0) is 27.1. The maximum absolute atomic E-state index is 13.4. The van der Waals surface area contributed by atoms with E-state index in [9.17, 15) is 24.3 Å². The summed E-state index contributed by atoms with van der Waals surface area (Å²) in [7, 11) is 1.45. The lowest BCUT2D eigenvalue weighted by atomic mass is 9.48. The first kappa shape index (κ1) is 26.2. The van der Waals surface area contributed by atoms with Crippen molar-refractivity contribution in [3.63, 3.8) is 0 Å². The standard InChI is InChI=1S/C27H34N4O7/c1-37-8-7-30(21-22(28)31(25(35)29-23(21)33)14-17-5-3-2-4-6-17)20(32)15-38-24(34)26-10-18-9-19(11-26)13-27(36,12-18)16-26/h2-6,18-19,36H,7-16,28H2,1H3,(H,29,33,35). The van der Waals surface area contributed by atoms with Crippen molar-refractivity contribution in [2.24, 2.45) is 17.3 Å². The van der Waals surface area contributed by atoms with Crippen molar-refractivity contribution in [3.05, 3.63) is 56.7 Å². The van der Waals surface area contributed by atoms with E-state index in [4.69, 9.17) is 15.2 Å². The Morgan fingerprint density at radius 2 is 1.84 bits per heavy atom. The largest absolute Gasteiger partial charge is 0.455 e. The van der Waals surface area contributed by atoms with Gasteiger partial charge in [0.05, 0.1) is 24.2 Å². The highest BCUT2D eigenvalue weighted by molar-refractivity contribution is 5.97. The number of carbonyl (C=O) groups excluding carboxylic acids is 2. The third-order valence-electron chi connectivity index (χ3n) is 8.28. The number of hydrogen-bond donors (Lipinski definition) is 3. The quantitative estimate of drug-likeness (QED) is 0.409. The van der Waals surface area contributed by atoms with Gasteiger partial charge in [-0.1, -0.05) is 30.3 Å². The normalized spacial score (nSPS) is 27.3. The average Bonchev–Trinajstić information content (AvgIpc) is 2.86. The SMILES string of the molecule is COCCN(C(=O)COC(=O)C12CC3CC(CC(O)(C3)C1)C2)c1c(N)n(Cc2ccccc2)c(=O)[nH]c1=O. The van der Waals surface area contributed by atoms with Gasteiger partial charge < -0.3 is 20.3 Å². The highest BCUT2D eigenvalue weighted by Gasteiger charge is 2.61. The maximum Gasteiger partial charge on any atom is 0.330 e. The molecule has 2 aromatic rings. The average molecular weight is 527 g/mol. The van der Waals surface area contributed by atoms with Crippen LogP contribution < -0.4 is 21.9 Å². The van der Waals surface area contributed by atoms with Crippen molar-refractivity contribution in [1.82, 2.24) is 9.55 Å². The van der Waals surface area contributed by atoms with Crippen LogP contribution in [0.2, 0.25) is 0 Å². The molecule has 1 amide bonds. The molecule has 4 bridgehead atoms. The van der Waals surface area contributed by atoms with Crippen LogP contribution in [0, 0.1) is 17.3 Å². The van der Waals surface area contributed by atoms with Crippen LogP contribution in [0.1, 0.15) is 44.1 Å². The Bertz CT molecular complexity index is 1320. The van der Waals surface area contributed by atoms with Crippen LogP contribution >= 0.6 is 0 Å². The van der Waals surface area contributed by atoms with Crippen molar-refractivity contribution in [3.8, 4) is 0 Å². The van der Waals surface area contributed by atoms with Gasteiger partial charge in [0.1, 0.15) is 5.82 Å². The Kier molecular flexibility index (Phi) is 6.91. The molecule has 4 N–H and O–H groups in total. The van der Waals surface area contributed by atoms with Crippen LogP contribution in [-0.4, -0.2) is 59.0 Å². The molecule has 4 saturated carbocycles. The first-order valence-electron chi connectivity index (χ1n) is 13.0. The monoisotopic (exact) mass is 526 g/mol. The van der Waals surface area contributed by atoms with Gasteiger partial charge >= 0.3 is 11.7 Å². The molecule has 6 rings (SSSR count). The maximum atomic E-state index is 13.4. The number of nitrogen functional groups attached to an aromatic ring is 1. The molecule has 0 spiro atoms. The van der Waals surface area contributed by atoms with Gasteiger partial charge in [0, 0.05) is 13.7 Å². The first-order valence-corrected chi connectivity index (χ1v) is 13.0. The number of nitrogens with two attached hydrogens (primary N) is 1. The Morgan fingerprint density at radius 1 is 1.16 bits per heavy atom. The molecule has 1 aromatic heterocycles. The van der Waals surface area contributed by atoms with E-state index in [0.717, 1.165) is 16.9 Å². The Hall–Kier alpha value is -3.44. The number of hydrogen-bond acceptors (Lipinski definition) is 8. The van der Waals surface area contributed by atoms with Crippen LogP contribution in [0.3, 0.4) is 0 Å². The van der Waals surface area contributed by atoms with Crippen molar-refractivity contribution >= 4 is 23.4 Å². The molecule has 1 aromatic carbocycles. The summed E-state index contributed by atoms with van der Waals surface area (Å²) in [5, 5.41) is 11.0. The lowest BCUT2D eigenvalue weighted by Crippen LogP contribution is -2.58. The van der Waals surface area contributed by atoms with Crippen LogP contribution in [0.4, 0.5) is 11.5 Å². The van der Waals surface area contributed by atoms with Gasteiger partial charge in [-0.2, -0.15) is 0 Å². The van der Waals surface area contributed by atoms with Crippen molar-refractivity contribution in [2.45, 2.75) is 50.7 Å². The number of aromatic nitrogens is 2. The summed E-state index contributed by atoms with van der Waals surface area (Å²) in [6.45, 7) is -0.478. The van der Waals surface area contributed by atoms with E-state index >= 15 is 0 Å². The molecule has 0 radical (unpaired) electrons. The molecule has 4 aliphatic carbocycles. The topological polar surface area (TPSA) is 157 Å². The minimum atomic E-state index is -0.841. The van der Waals surface area contributed by atoms with E-state index in [1.165, 1.54) is 11.7 Å². The van der Waals surface area contributed by atoms with Gasteiger partial charge in [-0.25, -0.2) is 4.79 Å². The summed E-state index contributed by atoms with van der Waals surface area (Å²) >= 11 is 0. The van der Waals surface area contributed by atoms with E-state index < -0.39 is 40.7 Å². The van der Waals surface area contributed by atoms with Crippen LogP contribution in [0.25, 0.3) is 0 Å². The molecule has 11 nitrogen and oxygen atoms in total. The molecular formula is C27H34N4O7. The minimum Gasteiger partial charge on any atom is -0.455 e.